The van der Waals surface area contributed by atoms with Crippen molar-refractivity contribution in [2.45, 2.75) is 32.2 Å². The number of carbonyl (C=O) groups is 1. The van der Waals surface area contributed by atoms with Gasteiger partial charge in [-0.2, -0.15) is 0 Å². The van der Waals surface area contributed by atoms with E-state index in [1.165, 1.54) is 20.2 Å². The fourth-order valence-electron chi connectivity index (χ4n) is 4.09. The van der Waals surface area contributed by atoms with E-state index in [0.717, 1.165) is 43.7 Å². The van der Waals surface area contributed by atoms with Crippen LogP contribution < -0.4 is 9.64 Å². The number of nitrogens with zero attached hydrogens (tertiary/aromatic N) is 2. The largest absolute Gasteiger partial charge is 0.494 e. The zero-order valence-corrected chi connectivity index (χ0v) is 18.6. The highest BCUT2D eigenvalue weighted by Crippen LogP contribution is 2.33. The number of likely N-dealkylation sites (N-methyl/N-ethyl adjacent to an activating group) is 1. The zero-order chi connectivity index (χ0) is 20.9. The zero-order valence-electron chi connectivity index (χ0n) is 17.8. The van der Waals surface area contributed by atoms with Crippen molar-refractivity contribution in [3.05, 3.63) is 59.1 Å². The van der Waals surface area contributed by atoms with Gasteiger partial charge in [0.2, 0.25) is 0 Å². The van der Waals surface area contributed by atoms with Crippen LogP contribution in [0.2, 0.25) is 0 Å². The predicted molar refractivity (Wildman–Crippen MR) is 121 cm³/mol. The van der Waals surface area contributed by atoms with Gasteiger partial charge in [0.15, 0.2) is 6.54 Å². The molecule has 6 heteroatoms. The van der Waals surface area contributed by atoms with Crippen LogP contribution in [0.1, 0.15) is 36.3 Å². The Hall–Kier alpha value is -2.44. The van der Waals surface area contributed by atoms with Gasteiger partial charge in [0.1, 0.15) is 12.3 Å². The first kappa shape index (κ1) is 20.8. The van der Waals surface area contributed by atoms with Crippen LogP contribution >= 0.6 is 11.3 Å². The van der Waals surface area contributed by atoms with Crippen molar-refractivity contribution in [3.8, 4) is 5.75 Å². The Morgan fingerprint density at radius 2 is 1.90 bits per heavy atom. The number of nitrogens with one attached hydrogen (secondary N) is 1. The number of hydrogen-bond donors (Lipinski definition) is 1. The lowest BCUT2D eigenvalue weighted by molar-refractivity contribution is -0.885. The van der Waals surface area contributed by atoms with Gasteiger partial charge >= 0.3 is 0 Å². The van der Waals surface area contributed by atoms with Crippen LogP contribution in [0.5, 0.6) is 5.75 Å². The molecule has 158 valence electrons. The maximum absolute atomic E-state index is 12.8. The number of thiazole rings is 1. The van der Waals surface area contributed by atoms with Crippen LogP contribution in [0, 0.1) is 0 Å². The molecule has 1 unspecified atom stereocenters. The van der Waals surface area contributed by atoms with Crippen molar-refractivity contribution in [2.24, 2.45) is 0 Å². The van der Waals surface area contributed by atoms with E-state index in [4.69, 9.17) is 9.72 Å². The molecule has 1 aliphatic heterocycles. The quantitative estimate of drug-likeness (QED) is 0.634. The molecule has 2 heterocycles. The Morgan fingerprint density at radius 3 is 2.60 bits per heavy atom. The lowest BCUT2D eigenvalue weighted by Crippen LogP contribution is -3.08. The molecule has 1 amide bonds. The monoisotopic (exact) mass is 424 g/mol. The third-order valence-corrected chi connectivity index (χ3v) is 6.90. The van der Waals surface area contributed by atoms with Crippen LogP contribution in [0.15, 0.2) is 48.5 Å². The Labute approximate surface area is 182 Å². The standard InChI is InChI=1S/C24H29N3O2S/c1-3-29-20-10-8-18(9-11-20)16-26(2)17-23(28)27-14-12-19(13-15-27)24-25-21-6-4-5-7-22(21)30-24/h4-11,19H,3,12-17H2,1-2H3/p+1. The molecule has 2 aromatic carbocycles. The van der Waals surface area contributed by atoms with E-state index in [9.17, 15) is 4.79 Å². The summed E-state index contributed by atoms with van der Waals surface area (Å²) in [7, 11) is 2.09. The number of aromatic nitrogens is 1. The molecule has 0 aliphatic carbocycles. The second-order valence-electron chi connectivity index (χ2n) is 8.06. The van der Waals surface area contributed by atoms with E-state index in [0.29, 0.717) is 19.1 Å². The molecule has 0 spiro atoms. The molecule has 1 atom stereocenters. The maximum Gasteiger partial charge on any atom is 0.277 e. The third kappa shape index (κ3) is 4.99. The Bertz CT molecular complexity index is 945. The highest BCUT2D eigenvalue weighted by molar-refractivity contribution is 7.18. The summed E-state index contributed by atoms with van der Waals surface area (Å²) < 4.78 is 6.75. The van der Waals surface area contributed by atoms with Crippen LogP contribution in [0.4, 0.5) is 0 Å². The van der Waals surface area contributed by atoms with E-state index >= 15 is 0 Å². The van der Waals surface area contributed by atoms with E-state index in [1.807, 2.05) is 30.0 Å². The number of rotatable bonds is 7. The van der Waals surface area contributed by atoms with Crippen molar-refractivity contribution in [3.63, 3.8) is 0 Å². The number of fused-ring (bicyclic) bond motifs is 1. The maximum atomic E-state index is 12.8. The number of amides is 1. The number of carbonyl (C=O) groups excluding carboxylic acids is 1. The summed E-state index contributed by atoms with van der Waals surface area (Å²) >= 11 is 1.80. The normalized spacial score (nSPS) is 16.0. The van der Waals surface area contributed by atoms with Gasteiger partial charge in [-0.3, -0.25) is 4.79 Å². The summed E-state index contributed by atoms with van der Waals surface area (Å²) in [6, 6.07) is 16.5. The van der Waals surface area contributed by atoms with Crippen molar-refractivity contribution < 1.29 is 14.4 Å². The molecule has 1 aliphatic rings. The van der Waals surface area contributed by atoms with Gasteiger partial charge in [-0.25, -0.2) is 4.98 Å². The molecule has 30 heavy (non-hydrogen) atoms. The summed E-state index contributed by atoms with van der Waals surface area (Å²) in [5.74, 6) is 1.62. The van der Waals surface area contributed by atoms with Crippen LogP contribution in [0.25, 0.3) is 10.2 Å². The number of quaternary nitrogens is 1. The average Bonchev–Trinajstić information content (AvgIpc) is 3.20. The van der Waals surface area contributed by atoms with Crippen molar-refractivity contribution >= 4 is 27.5 Å². The first-order valence-corrected chi connectivity index (χ1v) is 11.6. The van der Waals surface area contributed by atoms with Crippen LogP contribution in [0.3, 0.4) is 0 Å². The van der Waals surface area contributed by atoms with Crippen LogP contribution in [-0.4, -0.2) is 49.1 Å². The summed E-state index contributed by atoms with van der Waals surface area (Å²) in [5, 5.41) is 1.22. The topological polar surface area (TPSA) is 46.9 Å². The van der Waals surface area contributed by atoms with Crippen LogP contribution in [-0.2, 0) is 11.3 Å². The molecule has 1 saturated heterocycles. The first-order valence-electron chi connectivity index (χ1n) is 10.8. The van der Waals surface area contributed by atoms with E-state index in [2.05, 4.69) is 37.4 Å². The van der Waals surface area contributed by atoms with Crippen molar-refractivity contribution in [1.29, 1.82) is 0 Å². The highest BCUT2D eigenvalue weighted by Gasteiger charge is 2.27. The number of para-hydroxylation sites is 1. The molecule has 1 fully saturated rings. The minimum Gasteiger partial charge on any atom is -0.494 e. The lowest BCUT2D eigenvalue weighted by atomic mass is 9.97. The molecule has 0 bridgehead atoms. The molecule has 0 radical (unpaired) electrons. The number of benzene rings is 2. The number of likely N-dealkylation sites (tertiary alicyclic amines) is 1. The molecule has 0 saturated carbocycles. The fraction of sp³-hybridized carbons (Fsp3) is 0.417. The Balaban J connectivity index is 1.26. The summed E-state index contributed by atoms with van der Waals surface area (Å²) in [6.07, 6.45) is 2.01. The Kier molecular flexibility index (Phi) is 6.65. The summed E-state index contributed by atoms with van der Waals surface area (Å²) in [6.45, 7) is 5.68. The van der Waals surface area contributed by atoms with E-state index < -0.39 is 0 Å². The van der Waals surface area contributed by atoms with E-state index in [1.54, 1.807) is 11.3 Å². The molecule has 1 N–H and O–H groups in total. The third-order valence-electron chi connectivity index (χ3n) is 5.70. The number of ether oxygens (including phenoxy) is 1. The fourth-order valence-corrected chi connectivity index (χ4v) is 5.23. The van der Waals surface area contributed by atoms with Gasteiger partial charge in [0.25, 0.3) is 5.91 Å². The second-order valence-corrected chi connectivity index (χ2v) is 9.12. The second kappa shape index (κ2) is 9.58. The first-order chi connectivity index (χ1) is 14.6. The van der Waals surface area contributed by atoms with Gasteiger partial charge < -0.3 is 14.5 Å². The minimum atomic E-state index is 0.251. The Morgan fingerprint density at radius 1 is 1.17 bits per heavy atom. The van der Waals surface area contributed by atoms with Crippen molar-refractivity contribution in [1.82, 2.24) is 9.88 Å². The molecule has 1 aromatic heterocycles. The van der Waals surface area contributed by atoms with Crippen molar-refractivity contribution in [2.75, 3.05) is 33.3 Å². The molecule has 5 nitrogen and oxygen atoms in total. The lowest BCUT2D eigenvalue weighted by Gasteiger charge is -2.31. The molecular formula is C24H30N3O2S+. The van der Waals surface area contributed by atoms with Gasteiger partial charge in [0, 0.05) is 24.6 Å². The number of piperidine rings is 1. The molecule has 4 rings (SSSR count). The van der Waals surface area contributed by atoms with Gasteiger partial charge in [0.05, 0.1) is 28.9 Å². The molecule has 3 aromatic rings. The number of hydrogen-bond acceptors (Lipinski definition) is 4. The van der Waals surface area contributed by atoms with Gasteiger partial charge in [-0.15, -0.1) is 11.3 Å². The van der Waals surface area contributed by atoms with E-state index in [-0.39, 0.29) is 5.91 Å². The highest BCUT2D eigenvalue weighted by atomic mass is 32.1. The summed E-state index contributed by atoms with van der Waals surface area (Å²) in [5.41, 5.74) is 2.31. The SMILES string of the molecule is CCOc1ccc(C[NH+](C)CC(=O)N2CCC(c3nc4ccccc4s3)CC2)cc1. The molecular weight excluding hydrogens is 394 g/mol. The minimum absolute atomic E-state index is 0.251. The summed E-state index contributed by atoms with van der Waals surface area (Å²) in [4.78, 5) is 20.9. The average molecular weight is 425 g/mol. The van der Waals surface area contributed by atoms with Gasteiger partial charge in [-0.1, -0.05) is 12.1 Å². The van der Waals surface area contributed by atoms with Gasteiger partial charge in [-0.05, 0) is 56.2 Å². The predicted octanol–water partition coefficient (Wildman–Crippen LogP) is 3.12. The smallest absolute Gasteiger partial charge is 0.277 e.